The molecule has 4 aromatic rings. The first-order chi connectivity index (χ1) is 15.4. The number of primary amides is 1. The number of ether oxygens (including phenoxy) is 1. The second kappa shape index (κ2) is 9.32. The van der Waals surface area contributed by atoms with Crippen molar-refractivity contribution in [3.8, 4) is 17.0 Å². The lowest BCUT2D eigenvalue weighted by Crippen LogP contribution is -2.25. The van der Waals surface area contributed by atoms with Crippen LogP contribution in [-0.2, 0) is 4.79 Å². The summed E-state index contributed by atoms with van der Waals surface area (Å²) in [5, 5.41) is 3.46. The van der Waals surface area contributed by atoms with Crippen LogP contribution >= 0.6 is 11.3 Å². The maximum atomic E-state index is 11.2. The molecule has 1 amide bonds. The first-order valence-electron chi connectivity index (χ1n) is 10.4. The third-order valence-corrected chi connectivity index (χ3v) is 5.96. The van der Waals surface area contributed by atoms with E-state index in [1.807, 2.05) is 54.9 Å². The van der Waals surface area contributed by atoms with Gasteiger partial charge in [0.25, 0.3) is 0 Å². The standard InChI is InChI=1S/C24H25N5O2S/c1-14(24(25)30)12-31-19-6-4-5-17(9-19)15(2)27-23-11-21(28-16(3)29-23)18-7-8-20-22(10-18)32-13-26-20/h4-11,13-15H,12H2,1-3H3,(H2,25,30)(H,27,28,29)/t14-,15?/m0/s1. The van der Waals surface area contributed by atoms with Crippen LogP contribution in [0.5, 0.6) is 5.75 Å². The minimum absolute atomic E-state index is 0.0155. The van der Waals surface area contributed by atoms with Crippen LogP contribution in [0.25, 0.3) is 21.5 Å². The first kappa shape index (κ1) is 21.7. The van der Waals surface area contributed by atoms with Crippen molar-refractivity contribution in [1.82, 2.24) is 15.0 Å². The van der Waals surface area contributed by atoms with Gasteiger partial charge >= 0.3 is 0 Å². The van der Waals surface area contributed by atoms with Gasteiger partial charge in [-0.1, -0.05) is 25.1 Å². The summed E-state index contributed by atoms with van der Waals surface area (Å²) in [5.74, 6) is 1.42. The molecule has 0 saturated carbocycles. The number of nitrogens with zero attached hydrogens (tertiary/aromatic N) is 3. The van der Waals surface area contributed by atoms with Gasteiger partial charge < -0.3 is 15.8 Å². The van der Waals surface area contributed by atoms with Crippen LogP contribution in [-0.4, -0.2) is 27.5 Å². The van der Waals surface area contributed by atoms with Crippen LogP contribution in [0.3, 0.4) is 0 Å². The van der Waals surface area contributed by atoms with Gasteiger partial charge in [0.2, 0.25) is 5.91 Å². The molecule has 3 N–H and O–H groups in total. The van der Waals surface area contributed by atoms with Crippen molar-refractivity contribution in [2.45, 2.75) is 26.8 Å². The topological polar surface area (TPSA) is 103 Å². The number of rotatable bonds is 8. The van der Waals surface area contributed by atoms with Crippen molar-refractivity contribution in [3.05, 3.63) is 65.4 Å². The Kier molecular flexibility index (Phi) is 6.32. The molecule has 0 bridgehead atoms. The van der Waals surface area contributed by atoms with Gasteiger partial charge in [0.1, 0.15) is 17.4 Å². The summed E-state index contributed by atoms with van der Waals surface area (Å²) < 4.78 is 6.87. The molecular formula is C24H25N5O2S. The average molecular weight is 448 g/mol. The van der Waals surface area contributed by atoms with E-state index in [9.17, 15) is 4.79 Å². The maximum Gasteiger partial charge on any atom is 0.223 e. The van der Waals surface area contributed by atoms with E-state index in [-0.39, 0.29) is 24.5 Å². The molecule has 0 aliphatic carbocycles. The van der Waals surface area contributed by atoms with E-state index < -0.39 is 0 Å². The van der Waals surface area contributed by atoms with Crippen LogP contribution in [0.15, 0.2) is 54.0 Å². The summed E-state index contributed by atoms with van der Waals surface area (Å²) in [7, 11) is 0. The quantitative estimate of drug-likeness (QED) is 0.405. The van der Waals surface area contributed by atoms with E-state index in [1.54, 1.807) is 18.3 Å². The van der Waals surface area contributed by atoms with Gasteiger partial charge in [0, 0.05) is 11.6 Å². The normalized spacial score (nSPS) is 13.0. The van der Waals surface area contributed by atoms with E-state index in [0.29, 0.717) is 11.6 Å². The molecule has 0 aliphatic heterocycles. The monoisotopic (exact) mass is 447 g/mol. The van der Waals surface area contributed by atoms with E-state index in [0.717, 1.165) is 32.9 Å². The third-order valence-electron chi connectivity index (χ3n) is 5.17. The number of carbonyl (C=O) groups is 1. The van der Waals surface area contributed by atoms with Gasteiger partial charge in [0.05, 0.1) is 40.0 Å². The Balaban J connectivity index is 1.51. The van der Waals surface area contributed by atoms with Crippen LogP contribution in [0.4, 0.5) is 5.82 Å². The predicted molar refractivity (Wildman–Crippen MR) is 128 cm³/mol. The molecule has 32 heavy (non-hydrogen) atoms. The number of aromatic nitrogens is 3. The number of benzene rings is 2. The Labute approximate surface area is 190 Å². The van der Waals surface area contributed by atoms with Crippen LogP contribution in [0.2, 0.25) is 0 Å². The van der Waals surface area contributed by atoms with Crippen molar-refractivity contribution in [1.29, 1.82) is 0 Å². The highest BCUT2D eigenvalue weighted by molar-refractivity contribution is 7.16. The van der Waals surface area contributed by atoms with E-state index in [4.69, 9.17) is 10.5 Å². The molecule has 1 unspecified atom stereocenters. The van der Waals surface area contributed by atoms with E-state index in [2.05, 4.69) is 33.3 Å². The summed E-state index contributed by atoms with van der Waals surface area (Å²) in [6.45, 7) is 5.95. The second-order valence-corrected chi connectivity index (χ2v) is 8.66. The highest BCUT2D eigenvalue weighted by atomic mass is 32.1. The molecule has 164 valence electrons. The highest BCUT2D eigenvalue weighted by Gasteiger charge is 2.13. The van der Waals surface area contributed by atoms with Crippen molar-refractivity contribution in [2.75, 3.05) is 11.9 Å². The van der Waals surface area contributed by atoms with Crippen LogP contribution < -0.4 is 15.8 Å². The maximum absolute atomic E-state index is 11.2. The van der Waals surface area contributed by atoms with Gasteiger partial charge in [-0.25, -0.2) is 15.0 Å². The lowest BCUT2D eigenvalue weighted by Gasteiger charge is -2.17. The smallest absolute Gasteiger partial charge is 0.223 e. The van der Waals surface area contributed by atoms with Gasteiger partial charge in [0.15, 0.2) is 0 Å². The van der Waals surface area contributed by atoms with Crippen molar-refractivity contribution in [3.63, 3.8) is 0 Å². The zero-order valence-corrected chi connectivity index (χ0v) is 19.0. The molecule has 2 heterocycles. The molecule has 7 nitrogen and oxygen atoms in total. The minimum Gasteiger partial charge on any atom is -0.493 e. The Morgan fingerprint density at radius 2 is 2.00 bits per heavy atom. The Bertz CT molecular complexity index is 1260. The largest absolute Gasteiger partial charge is 0.493 e. The number of hydrogen-bond donors (Lipinski definition) is 2. The number of thiazole rings is 1. The number of carbonyl (C=O) groups excluding carboxylic acids is 1. The van der Waals surface area contributed by atoms with Gasteiger partial charge in [-0.3, -0.25) is 4.79 Å². The number of nitrogens with one attached hydrogen (secondary N) is 1. The number of aryl methyl sites for hydroxylation is 1. The molecule has 0 fully saturated rings. The lowest BCUT2D eigenvalue weighted by atomic mass is 10.1. The lowest BCUT2D eigenvalue weighted by molar-refractivity contribution is -0.122. The first-order valence-corrected chi connectivity index (χ1v) is 11.2. The number of hydrogen-bond acceptors (Lipinski definition) is 7. The van der Waals surface area contributed by atoms with Gasteiger partial charge in [-0.15, -0.1) is 11.3 Å². The zero-order chi connectivity index (χ0) is 22.7. The number of amides is 1. The predicted octanol–water partition coefficient (Wildman–Crippen LogP) is 4.74. The molecule has 0 spiro atoms. The van der Waals surface area contributed by atoms with E-state index in [1.165, 1.54) is 0 Å². The van der Waals surface area contributed by atoms with Crippen LogP contribution in [0, 0.1) is 12.8 Å². The van der Waals surface area contributed by atoms with Gasteiger partial charge in [-0.05, 0) is 43.7 Å². The van der Waals surface area contributed by atoms with Crippen molar-refractivity contribution >= 4 is 33.3 Å². The summed E-state index contributed by atoms with van der Waals surface area (Å²) in [6.07, 6.45) is 0. The molecule has 2 aromatic heterocycles. The molecule has 2 aromatic carbocycles. The Hall–Kier alpha value is -3.52. The number of fused-ring (bicyclic) bond motifs is 1. The van der Waals surface area contributed by atoms with Crippen molar-refractivity contribution in [2.24, 2.45) is 11.7 Å². The fourth-order valence-electron chi connectivity index (χ4n) is 3.29. The summed E-state index contributed by atoms with van der Waals surface area (Å²) in [5.41, 5.74) is 11.1. The van der Waals surface area contributed by atoms with E-state index >= 15 is 0 Å². The molecule has 0 saturated heterocycles. The molecule has 0 aliphatic rings. The molecule has 0 radical (unpaired) electrons. The second-order valence-electron chi connectivity index (χ2n) is 7.77. The Morgan fingerprint density at radius 1 is 1.16 bits per heavy atom. The summed E-state index contributed by atoms with van der Waals surface area (Å²) >= 11 is 1.61. The summed E-state index contributed by atoms with van der Waals surface area (Å²) in [4.78, 5) is 24.7. The minimum atomic E-state index is -0.374. The average Bonchev–Trinajstić information content (AvgIpc) is 3.25. The molecule has 4 rings (SSSR count). The fraction of sp³-hybridized carbons (Fsp3) is 0.250. The highest BCUT2D eigenvalue weighted by Crippen LogP contribution is 2.28. The molecule has 8 heteroatoms. The van der Waals surface area contributed by atoms with Crippen LogP contribution in [0.1, 0.15) is 31.3 Å². The number of nitrogens with two attached hydrogens (primary N) is 1. The molecule has 2 atom stereocenters. The number of anilines is 1. The molecular weight excluding hydrogens is 422 g/mol. The SMILES string of the molecule is Cc1nc(NC(C)c2cccc(OC[C@H](C)C(N)=O)c2)cc(-c2ccc3ncsc3c2)n1. The fourth-order valence-corrected chi connectivity index (χ4v) is 4.00. The third kappa shape index (κ3) is 5.03. The van der Waals surface area contributed by atoms with Crippen molar-refractivity contribution < 1.29 is 9.53 Å². The Morgan fingerprint density at radius 3 is 2.81 bits per heavy atom. The zero-order valence-electron chi connectivity index (χ0n) is 18.2. The summed E-state index contributed by atoms with van der Waals surface area (Å²) in [6, 6.07) is 15.9. The van der Waals surface area contributed by atoms with Gasteiger partial charge in [-0.2, -0.15) is 0 Å².